The van der Waals surface area contributed by atoms with Gasteiger partial charge >= 0.3 is 0 Å². The molecule has 2 N–H and O–H groups in total. The Hall–Kier alpha value is -1.12. The first-order chi connectivity index (χ1) is 12.2. The van der Waals surface area contributed by atoms with Gasteiger partial charge in [0.15, 0.2) is 0 Å². The summed E-state index contributed by atoms with van der Waals surface area (Å²) in [4.78, 5) is 13.4. The van der Waals surface area contributed by atoms with Crippen LogP contribution in [0.25, 0.3) is 0 Å². The monoisotopic (exact) mass is 434 g/mol. The maximum atomic E-state index is 12.4. The zero-order valence-electron chi connectivity index (χ0n) is 14.4. The summed E-state index contributed by atoms with van der Waals surface area (Å²) < 4.78 is 27.4. The molecule has 2 rings (SSSR count). The minimum Gasteiger partial charge on any atom is -0.352 e. The van der Waals surface area contributed by atoms with E-state index in [1.165, 1.54) is 12.1 Å². The molecule has 1 amide bonds. The van der Waals surface area contributed by atoms with E-state index in [-0.39, 0.29) is 33.0 Å². The first kappa shape index (κ1) is 21.2. The van der Waals surface area contributed by atoms with Crippen molar-refractivity contribution in [2.45, 2.75) is 25.2 Å². The van der Waals surface area contributed by atoms with E-state index in [0.29, 0.717) is 13.0 Å². The van der Waals surface area contributed by atoms with E-state index in [2.05, 4.69) is 10.0 Å². The van der Waals surface area contributed by atoms with Crippen LogP contribution in [0, 0.1) is 5.92 Å². The van der Waals surface area contributed by atoms with Crippen molar-refractivity contribution in [2.75, 3.05) is 13.1 Å². The Balaban J connectivity index is 2.16. The minimum atomic E-state index is -3.83. The maximum absolute atomic E-state index is 12.4. The Morgan fingerprint density at radius 3 is 2.58 bits per heavy atom. The number of benzene rings is 1. The highest BCUT2D eigenvalue weighted by atomic mass is 35.5. The molecule has 0 unspecified atom stereocenters. The number of nitrogens with one attached hydrogen (secondary N) is 2. The zero-order valence-corrected chi connectivity index (χ0v) is 17.5. The van der Waals surface area contributed by atoms with E-state index < -0.39 is 15.9 Å². The van der Waals surface area contributed by atoms with Gasteiger partial charge in [-0.2, -0.15) is 0 Å². The molecule has 1 aromatic heterocycles. The molecule has 0 bridgehead atoms. The van der Waals surface area contributed by atoms with Gasteiger partial charge in [-0.15, -0.1) is 11.3 Å². The molecule has 0 aliphatic heterocycles. The Morgan fingerprint density at radius 2 is 1.96 bits per heavy atom. The fourth-order valence-electron chi connectivity index (χ4n) is 2.11. The minimum absolute atomic E-state index is 0.0265. The van der Waals surface area contributed by atoms with Gasteiger partial charge in [0.05, 0.1) is 15.6 Å². The standard InChI is InChI=1S/C17H20Cl2N2O3S2/c1-11(2)10-21-26(23,24)16-8-13(14(18)9-15(16)19)17(22)20-6-5-12-4-3-7-25-12/h3-4,7-9,11,21H,5-6,10H2,1-2H3,(H,20,22). The number of hydrogen-bond donors (Lipinski definition) is 2. The van der Waals surface area contributed by atoms with E-state index >= 15 is 0 Å². The molecular formula is C17H20Cl2N2O3S2. The molecule has 26 heavy (non-hydrogen) atoms. The van der Waals surface area contributed by atoms with Gasteiger partial charge < -0.3 is 5.32 Å². The second kappa shape index (κ2) is 9.19. The molecule has 0 saturated carbocycles. The number of sulfonamides is 1. The average Bonchev–Trinajstić information content (AvgIpc) is 3.06. The van der Waals surface area contributed by atoms with Crippen LogP contribution in [0.4, 0.5) is 0 Å². The highest BCUT2D eigenvalue weighted by molar-refractivity contribution is 7.89. The van der Waals surface area contributed by atoms with Crippen molar-refractivity contribution < 1.29 is 13.2 Å². The zero-order chi connectivity index (χ0) is 19.3. The van der Waals surface area contributed by atoms with Gasteiger partial charge in [0.1, 0.15) is 4.90 Å². The average molecular weight is 435 g/mol. The first-order valence-electron chi connectivity index (χ1n) is 8.00. The van der Waals surface area contributed by atoms with Crippen molar-refractivity contribution in [3.05, 3.63) is 50.1 Å². The van der Waals surface area contributed by atoms with Gasteiger partial charge in [0, 0.05) is 18.0 Å². The third-order valence-electron chi connectivity index (χ3n) is 3.47. The summed E-state index contributed by atoms with van der Waals surface area (Å²) in [6.45, 7) is 4.46. The van der Waals surface area contributed by atoms with Crippen LogP contribution in [0.5, 0.6) is 0 Å². The number of thiophene rings is 1. The van der Waals surface area contributed by atoms with Crippen LogP contribution in [0.2, 0.25) is 10.0 Å². The quantitative estimate of drug-likeness (QED) is 0.659. The summed E-state index contributed by atoms with van der Waals surface area (Å²) in [6, 6.07) is 6.42. The largest absolute Gasteiger partial charge is 0.352 e. The van der Waals surface area contributed by atoms with Gasteiger partial charge in [0.25, 0.3) is 5.91 Å². The molecule has 2 aromatic rings. The summed E-state index contributed by atoms with van der Waals surface area (Å²) in [5.74, 6) is -0.306. The molecule has 0 radical (unpaired) electrons. The van der Waals surface area contributed by atoms with Crippen molar-refractivity contribution in [3.63, 3.8) is 0 Å². The van der Waals surface area contributed by atoms with Crippen LogP contribution in [-0.2, 0) is 16.4 Å². The first-order valence-corrected chi connectivity index (χ1v) is 11.1. The number of carbonyl (C=O) groups is 1. The topological polar surface area (TPSA) is 75.3 Å². The van der Waals surface area contributed by atoms with E-state index in [0.717, 1.165) is 4.88 Å². The molecule has 9 heteroatoms. The lowest BCUT2D eigenvalue weighted by molar-refractivity contribution is 0.0954. The maximum Gasteiger partial charge on any atom is 0.252 e. The Bertz CT molecular complexity index is 866. The van der Waals surface area contributed by atoms with Gasteiger partial charge in [-0.25, -0.2) is 13.1 Å². The lowest BCUT2D eigenvalue weighted by Gasteiger charge is -2.13. The Labute approximate surface area is 167 Å². The van der Waals surface area contributed by atoms with Crippen LogP contribution < -0.4 is 10.0 Å². The van der Waals surface area contributed by atoms with Gasteiger partial charge in [0.2, 0.25) is 10.0 Å². The van der Waals surface area contributed by atoms with Crippen molar-refractivity contribution in [1.29, 1.82) is 0 Å². The van der Waals surface area contributed by atoms with E-state index in [1.54, 1.807) is 11.3 Å². The molecular weight excluding hydrogens is 415 g/mol. The normalized spacial score (nSPS) is 11.7. The Kier molecular flexibility index (Phi) is 7.49. The van der Waals surface area contributed by atoms with Gasteiger partial charge in [-0.1, -0.05) is 43.1 Å². The van der Waals surface area contributed by atoms with E-state index in [4.69, 9.17) is 23.2 Å². The number of halogens is 2. The fourth-order valence-corrected chi connectivity index (χ4v) is 4.89. The van der Waals surface area contributed by atoms with Crippen LogP contribution >= 0.6 is 34.5 Å². The summed E-state index contributed by atoms with van der Waals surface area (Å²) in [6.07, 6.45) is 0.690. The number of carbonyl (C=O) groups excluding carboxylic acids is 1. The number of rotatable bonds is 8. The summed E-state index contributed by atoms with van der Waals surface area (Å²) in [5, 5.41) is 4.79. The molecule has 0 fully saturated rings. The van der Waals surface area contributed by atoms with Crippen molar-refractivity contribution >= 4 is 50.5 Å². The van der Waals surface area contributed by atoms with E-state index in [1.807, 2.05) is 31.4 Å². The predicted octanol–water partition coefficient (Wildman–Crippen LogP) is 3.96. The molecule has 5 nitrogen and oxygen atoms in total. The lowest BCUT2D eigenvalue weighted by Crippen LogP contribution is -2.29. The summed E-state index contributed by atoms with van der Waals surface area (Å²) in [7, 11) is -3.83. The molecule has 0 aliphatic rings. The molecule has 1 heterocycles. The highest BCUT2D eigenvalue weighted by Crippen LogP contribution is 2.28. The smallest absolute Gasteiger partial charge is 0.252 e. The molecule has 1 aromatic carbocycles. The number of hydrogen-bond acceptors (Lipinski definition) is 4. The predicted molar refractivity (Wildman–Crippen MR) is 107 cm³/mol. The van der Waals surface area contributed by atoms with Crippen molar-refractivity contribution in [1.82, 2.24) is 10.0 Å². The van der Waals surface area contributed by atoms with Crippen LogP contribution in [0.3, 0.4) is 0 Å². The summed E-state index contributed by atoms with van der Waals surface area (Å²) >= 11 is 13.7. The Morgan fingerprint density at radius 1 is 1.23 bits per heavy atom. The molecule has 0 atom stereocenters. The molecule has 0 aliphatic carbocycles. The van der Waals surface area contributed by atoms with Crippen molar-refractivity contribution in [2.24, 2.45) is 5.92 Å². The molecule has 0 spiro atoms. The second-order valence-electron chi connectivity index (χ2n) is 6.09. The molecule has 0 saturated heterocycles. The highest BCUT2D eigenvalue weighted by Gasteiger charge is 2.22. The lowest BCUT2D eigenvalue weighted by atomic mass is 10.2. The fraction of sp³-hybridized carbons (Fsp3) is 0.353. The van der Waals surface area contributed by atoms with E-state index in [9.17, 15) is 13.2 Å². The van der Waals surface area contributed by atoms with Crippen LogP contribution in [-0.4, -0.2) is 27.4 Å². The SMILES string of the molecule is CC(C)CNS(=O)(=O)c1cc(C(=O)NCCc2cccs2)c(Cl)cc1Cl. The van der Waals surface area contributed by atoms with Crippen LogP contribution in [0.15, 0.2) is 34.5 Å². The van der Waals surface area contributed by atoms with Crippen molar-refractivity contribution in [3.8, 4) is 0 Å². The van der Waals surface area contributed by atoms with Gasteiger partial charge in [-0.3, -0.25) is 4.79 Å². The summed E-state index contributed by atoms with van der Waals surface area (Å²) in [5.41, 5.74) is 0.0761. The third kappa shape index (κ3) is 5.69. The van der Waals surface area contributed by atoms with Gasteiger partial charge in [-0.05, 0) is 35.9 Å². The molecule has 142 valence electrons. The third-order valence-corrected chi connectivity index (χ3v) is 6.61. The number of amides is 1. The second-order valence-corrected chi connectivity index (χ2v) is 9.68. The van der Waals surface area contributed by atoms with Crippen LogP contribution in [0.1, 0.15) is 29.1 Å².